The molecule has 0 bridgehead atoms. The first-order valence-electron chi connectivity index (χ1n) is 9.56. The van der Waals surface area contributed by atoms with Crippen LogP contribution in [0.3, 0.4) is 0 Å². The van der Waals surface area contributed by atoms with Crippen LogP contribution in [0, 0.1) is 5.41 Å². The van der Waals surface area contributed by atoms with Crippen molar-refractivity contribution < 1.29 is 12.6 Å². The third kappa shape index (κ3) is 5.64. The molecule has 0 fully saturated rings. The molecule has 0 aliphatic heterocycles. The summed E-state index contributed by atoms with van der Waals surface area (Å²) in [6, 6.07) is 21.9. The third-order valence-electron chi connectivity index (χ3n) is 4.53. The lowest BCUT2D eigenvalue weighted by Gasteiger charge is -2.21. The van der Waals surface area contributed by atoms with Gasteiger partial charge in [-0.15, -0.1) is 0 Å². The molecule has 3 aromatic rings. The molecule has 3 rings (SSSR count). The van der Waals surface area contributed by atoms with Crippen LogP contribution < -0.4 is 0 Å². The predicted octanol–water partition coefficient (Wildman–Crippen LogP) is 6.93. The van der Waals surface area contributed by atoms with Crippen LogP contribution in [0.2, 0.25) is 10.0 Å². The molecule has 3 nitrogen and oxygen atoms in total. The van der Waals surface area contributed by atoms with Gasteiger partial charge < -0.3 is 0 Å². The van der Waals surface area contributed by atoms with Gasteiger partial charge >= 0.3 is 0 Å². The minimum absolute atomic E-state index is 0.0990. The summed E-state index contributed by atoms with van der Waals surface area (Å²) >= 11 is 12.8. The quantitative estimate of drug-likeness (QED) is 0.294. The zero-order valence-corrected chi connectivity index (χ0v) is 19.4. The standard InChI is InChI=1S/C24H24Cl2O3S/c1-24(2,3)16-29-30(27,28)20-11-7-10-18(14-20)23(17-8-5-4-6-9-17)21-15-19(25)12-13-22(21)26/h4-15,23H,16H2,1-3H3. The number of halogens is 2. The Labute approximate surface area is 188 Å². The molecule has 0 aliphatic rings. The normalized spacial score (nSPS) is 13.2. The summed E-state index contributed by atoms with van der Waals surface area (Å²) in [7, 11) is -3.89. The third-order valence-corrected chi connectivity index (χ3v) is 6.37. The lowest BCUT2D eigenvalue weighted by atomic mass is 9.85. The van der Waals surface area contributed by atoms with Crippen molar-refractivity contribution in [1.29, 1.82) is 0 Å². The van der Waals surface area contributed by atoms with Crippen LogP contribution in [-0.2, 0) is 14.3 Å². The molecule has 0 aromatic heterocycles. The van der Waals surface area contributed by atoms with E-state index in [1.54, 1.807) is 30.3 Å². The van der Waals surface area contributed by atoms with Gasteiger partial charge in [0.1, 0.15) is 0 Å². The van der Waals surface area contributed by atoms with Gasteiger partial charge in [-0.1, -0.05) is 86.4 Å². The summed E-state index contributed by atoms with van der Waals surface area (Å²) in [5.41, 5.74) is 2.30. The molecule has 1 unspecified atom stereocenters. The molecule has 0 saturated heterocycles. The van der Waals surface area contributed by atoms with Gasteiger partial charge in [-0.2, -0.15) is 8.42 Å². The zero-order chi connectivity index (χ0) is 21.9. The van der Waals surface area contributed by atoms with Gasteiger partial charge in [0.15, 0.2) is 0 Å². The van der Waals surface area contributed by atoms with Crippen molar-refractivity contribution in [3.05, 3.63) is 99.5 Å². The lowest BCUT2D eigenvalue weighted by Crippen LogP contribution is -2.19. The van der Waals surface area contributed by atoms with E-state index in [1.807, 2.05) is 63.2 Å². The smallest absolute Gasteiger partial charge is 0.266 e. The predicted molar refractivity (Wildman–Crippen MR) is 123 cm³/mol. The molecule has 0 aliphatic carbocycles. The van der Waals surface area contributed by atoms with E-state index in [-0.39, 0.29) is 22.8 Å². The van der Waals surface area contributed by atoms with Crippen molar-refractivity contribution in [3.63, 3.8) is 0 Å². The monoisotopic (exact) mass is 462 g/mol. The van der Waals surface area contributed by atoms with E-state index in [4.69, 9.17) is 27.4 Å². The summed E-state index contributed by atoms with van der Waals surface area (Å²) in [4.78, 5) is 0.114. The van der Waals surface area contributed by atoms with E-state index < -0.39 is 10.1 Å². The highest BCUT2D eigenvalue weighted by Gasteiger charge is 2.24. The molecule has 0 heterocycles. The molecule has 30 heavy (non-hydrogen) atoms. The SMILES string of the molecule is CC(C)(C)COS(=O)(=O)c1cccc(C(c2ccccc2)c2cc(Cl)ccc2Cl)c1. The van der Waals surface area contributed by atoms with Crippen LogP contribution in [-0.4, -0.2) is 15.0 Å². The molecule has 0 radical (unpaired) electrons. The lowest BCUT2D eigenvalue weighted by molar-refractivity contribution is 0.203. The van der Waals surface area contributed by atoms with Crippen molar-refractivity contribution in [2.24, 2.45) is 5.41 Å². The van der Waals surface area contributed by atoms with Gasteiger partial charge in [0.25, 0.3) is 10.1 Å². The van der Waals surface area contributed by atoms with Crippen molar-refractivity contribution in [2.45, 2.75) is 31.6 Å². The molecule has 0 amide bonds. The maximum Gasteiger partial charge on any atom is 0.297 e. The van der Waals surface area contributed by atoms with E-state index in [2.05, 4.69) is 0 Å². The molecule has 158 valence electrons. The second-order valence-corrected chi connectivity index (χ2v) is 10.8. The number of rotatable bonds is 6. The summed E-state index contributed by atoms with van der Waals surface area (Å²) in [6.07, 6.45) is 0. The van der Waals surface area contributed by atoms with Gasteiger partial charge in [-0.05, 0) is 52.4 Å². The largest absolute Gasteiger partial charge is 0.297 e. The van der Waals surface area contributed by atoms with Crippen molar-refractivity contribution >= 4 is 33.3 Å². The highest BCUT2D eigenvalue weighted by atomic mass is 35.5. The summed E-state index contributed by atoms with van der Waals surface area (Å²) in [6.45, 7) is 5.87. The molecule has 3 aromatic carbocycles. The van der Waals surface area contributed by atoms with Gasteiger partial charge in [-0.3, -0.25) is 4.18 Å². The van der Waals surface area contributed by atoms with E-state index in [9.17, 15) is 8.42 Å². The summed E-state index contributed by atoms with van der Waals surface area (Å²) in [5, 5.41) is 1.12. The number of benzene rings is 3. The Kier molecular flexibility index (Phi) is 6.93. The Hall–Kier alpha value is -1.85. The average molecular weight is 463 g/mol. The minimum atomic E-state index is -3.89. The maximum absolute atomic E-state index is 12.8. The molecule has 0 spiro atoms. The van der Waals surface area contributed by atoms with Crippen LogP contribution in [0.4, 0.5) is 0 Å². The topological polar surface area (TPSA) is 43.4 Å². The fourth-order valence-corrected chi connectivity index (χ4v) is 4.68. The van der Waals surface area contributed by atoms with Crippen LogP contribution in [0.25, 0.3) is 0 Å². The molecule has 0 saturated carbocycles. The molecule has 0 N–H and O–H groups in total. The van der Waals surface area contributed by atoms with Gasteiger partial charge in [0, 0.05) is 16.0 Å². The maximum atomic E-state index is 12.8. The first-order chi connectivity index (χ1) is 14.1. The fraction of sp³-hybridized carbons (Fsp3) is 0.250. The average Bonchev–Trinajstić information content (AvgIpc) is 2.70. The van der Waals surface area contributed by atoms with E-state index >= 15 is 0 Å². The second-order valence-electron chi connectivity index (χ2n) is 8.36. The summed E-state index contributed by atoms with van der Waals surface area (Å²) in [5.74, 6) is -0.282. The second kappa shape index (κ2) is 9.11. The number of hydrogen-bond acceptors (Lipinski definition) is 3. The van der Waals surface area contributed by atoms with E-state index in [0.29, 0.717) is 10.0 Å². The van der Waals surface area contributed by atoms with Gasteiger partial charge in [-0.25, -0.2) is 0 Å². The van der Waals surface area contributed by atoms with Crippen LogP contribution in [0.5, 0.6) is 0 Å². The first kappa shape index (κ1) is 22.8. The van der Waals surface area contributed by atoms with Crippen LogP contribution in [0.1, 0.15) is 43.4 Å². The Morgan fingerprint density at radius 3 is 2.20 bits per heavy atom. The van der Waals surface area contributed by atoms with Gasteiger partial charge in [0.05, 0.1) is 11.5 Å². The van der Waals surface area contributed by atoms with E-state index in [0.717, 1.165) is 16.7 Å². The molecular formula is C24H24Cl2O3S. The number of hydrogen-bond donors (Lipinski definition) is 0. The Bertz CT molecular complexity index is 1120. The van der Waals surface area contributed by atoms with E-state index in [1.165, 1.54) is 0 Å². The Balaban J connectivity index is 2.10. The Morgan fingerprint density at radius 1 is 0.867 bits per heavy atom. The first-order valence-corrected chi connectivity index (χ1v) is 11.7. The highest BCUT2D eigenvalue weighted by molar-refractivity contribution is 7.86. The van der Waals surface area contributed by atoms with Crippen LogP contribution >= 0.6 is 23.2 Å². The van der Waals surface area contributed by atoms with Crippen LogP contribution in [0.15, 0.2) is 77.7 Å². The fourth-order valence-electron chi connectivity index (χ4n) is 3.10. The molecule has 6 heteroatoms. The van der Waals surface area contributed by atoms with Crippen molar-refractivity contribution in [3.8, 4) is 0 Å². The highest BCUT2D eigenvalue weighted by Crippen LogP contribution is 2.38. The summed E-state index contributed by atoms with van der Waals surface area (Å²) < 4.78 is 30.9. The molecule has 1 atom stereocenters. The Morgan fingerprint density at radius 2 is 1.53 bits per heavy atom. The minimum Gasteiger partial charge on any atom is -0.266 e. The van der Waals surface area contributed by atoms with Crippen molar-refractivity contribution in [1.82, 2.24) is 0 Å². The van der Waals surface area contributed by atoms with Crippen molar-refractivity contribution in [2.75, 3.05) is 6.61 Å². The molecular weight excluding hydrogens is 439 g/mol. The zero-order valence-electron chi connectivity index (χ0n) is 17.1. The van der Waals surface area contributed by atoms with Gasteiger partial charge in [0.2, 0.25) is 0 Å².